The SMILES string of the molecule is C.CN.CNC(=O)c1ccc2c(c1)c(C(=O)OC)nn2-c1cccc(Br)c1.COC(=O)c1nn(-c2cccc(Br)c2)c2ccc(C(=O)O)cc12.Cl. The maximum atomic E-state index is 12.1. The van der Waals surface area contributed by atoms with Crippen LogP contribution in [0.15, 0.2) is 93.9 Å². The molecule has 51 heavy (non-hydrogen) atoms. The fraction of sp³-hybridized carbons (Fsp3) is 0.143. The average molecular weight is 847 g/mol. The van der Waals surface area contributed by atoms with Crippen molar-refractivity contribution >= 4 is 89.9 Å². The van der Waals surface area contributed by atoms with Gasteiger partial charge in [0.15, 0.2) is 11.4 Å². The van der Waals surface area contributed by atoms with Crippen LogP contribution in [-0.4, -0.2) is 76.8 Å². The second-order valence-electron chi connectivity index (χ2n) is 9.81. The number of carbonyl (C=O) groups excluding carboxylic acids is 3. The number of rotatable bonds is 6. The van der Waals surface area contributed by atoms with E-state index < -0.39 is 17.9 Å². The molecule has 6 aromatic rings. The number of nitrogens with one attached hydrogen (secondary N) is 1. The molecule has 2 heterocycles. The third kappa shape index (κ3) is 9.18. The molecular formula is C35H35Br2ClN6O7. The molecule has 0 radical (unpaired) electrons. The Morgan fingerprint density at radius 3 is 1.49 bits per heavy atom. The minimum Gasteiger partial charge on any atom is -0.478 e. The number of carboxylic acid groups (broad SMARTS) is 1. The van der Waals surface area contributed by atoms with E-state index in [4.69, 9.17) is 14.6 Å². The Morgan fingerprint density at radius 1 is 0.706 bits per heavy atom. The Bertz CT molecular complexity index is 2200. The monoisotopic (exact) mass is 844 g/mol. The third-order valence-corrected chi connectivity index (χ3v) is 7.95. The maximum absolute atomic E-state index is 12.1. The van der Waals surface area contributed by atoms with E-state index in [9.17, 15) is 19.2 Å². The number of hydrogen-bond acceptors (Lipinski definition) is 9. The zero-order chi connectivity index (χ0) is 35.8. The molecule has 6 rings (SSSR count). The Balaban J connectivity index is 0.000000325. The summed E-state index contributed by atoms with van der Waals surface area (Å²) in [4.78, 5) is 47.1. The number of methoxy groups -OCH3 is 2. The summed E-state index contributed by atoms with van der Waals surface area (Å²) in [6.45, 7) is 0. The quantitative estimate of drug-likeness (QED) is 0.150. The van der Waals surface area contributed by atoms with Crippen LogP contribution in [0.1, 0.15) is 49.1 Å². The first-order valence-electron chi connectivity index (χ1n) is 14.3. The van der Waals surface area contributed by atoms with Gasteiger partial charge in [0.2, 0.25) is 0 Å². The number of nitrogens with two attached hydrogens (primary N) is 1. The predicted octanol–water partition coefficient (Wildman–Crippen LogP) is 6.84. The summed E-state index contributed by atoms with van der Waals surface area (Å²) in [7, 11) is 5.61. The van der Waals surface area contributed by atoms with Gasteiger partial charge in [-0.2, -0.15) is 10.2 Å². The van der Waals surface area contributed by atoms with E-state index in [2.05, 4.69) is 53.1 Å². The average Bonchev–Trinajstić information content (AvgIpc) is 3.70. The normalized spacial score (nSPS) is 9.94. The molecule has 2 aromatic heterocycles. The van der Waals surface area contributed by atoms with Gasteiger partial charge in [0, 0.05) is 32.3 Å². The number of esters is 2. The predicted molar refractivity (Wildman–Crippen MR) is 205 cm³/mol. The number of carboxylic acids is 1. The van der Waals surface area contributed by atoms with Crippen molar-refractivity contribution in [3.05, 3.63) is 116 Å². The molecule has 16 heteroatoms. The van der Waals surface area contributed by atoms with Crippen LogP contribution >= 0.6 is 44.3 Å². The molecule has 0 unspecified atom stereocenters. The number of amides is 1. The van der Waals surface area contributed by atoms with Gasteiger partial charge in [-0.1, -0.05) is 51.4 Å². The van der Waals surface area contributed by atoms with Crippen molar-refractivity contribution in [2.45, 2.75) is 7.43 Å². The molecule has 4 aromatic carbocycles. The Morgan fingerprint density at radius 2 is 1.12 bits per heavy atom. The van der Waals surface area contributed by atoms with Crippen molar-refractivity contribution in [3.8, 4) is 11.4 Å². The van der Waals surface area contributed by atoms with Crippen molar-refractivity contribution in [2.75, 3.05) is 28.3 Å². The molecule has 0 saturated heterocycles. The first kappa shape index (κ1) is 42.1. The second kappa shape index (κ2) is 18.8. The molecule has 1 amide bonds. The Hall–Kier alpha value is -5.09. The first-order chi connectivity index (χ1) is 23.6. The van der Waals surface area contributed by atoms with Crippen LogP contribution in [0.5, 0.6) is 0 Å². The van der Waals surface area contributed by atoms with Crippen LogP contribution in [0.3, 0.4) is 0 Å². The topological polar surface area (TPSA) is 181 Å². The van der Waals surface area contributed by atoms with Gasteiger partial charge in [-0.15, -0.1) is 12.4 Å². The lowest BCUT2D eigenvalue weighted by Gasteiger charge is -2.04. The van der Waals surface area contributed by atoms with Crippen molar-refractivity contribution < 1.29 is 33.8 Å². The van der Waals surface area contributed by atoms with Gasteiger partial charge in [-0.05, 0) is 79.8 Å². The van der Waals surface area contributed by atoms with Crippen LogP contribution in [0.4, 0.5) is 0 Å². The number of benzene rings is 4. The fourth-order valence-electron chi connectivity index (χ4n) is 4.76. The van der Waals surface area contributed by atoms with E-state index in [1.165, 1.54) is 33.4 Å². The molecule has 0 aliphatic carbocycles. The number of ether oxygens (including phenoxy) is 2. The van der Waals surface area contributed by atoms with Gasteiger partial charge in [0.25, 0.3) is 5.91 Å². The lowest BCUT2D eigenvalue weighted by Crippen LogP contribution is -2.17. The number of halogens is 3. The number of fused-ring (bicyclic) bond motifs is 2. The molecule has 0 spiro atoms. The van der Waals surface area contributed by atoms with Crippen LogP contribution < -0.4 is 11.1 Å². The highest BCUT2D eigenvalue weighted by atomic mass is 79.9. The highest BCUT2D eigenvalue weighted by Crippen LogP contribution is 2.27. The van der Waals surface area contributed by atoms with E-state index >= 15 is 0 Å². The first-order valence-corrected chi connectivity index (χ1v) is 15.9. The molecule has 0 bridgehead atoms. The minimum absolute atomic E-state index is 0. The molecule has 0 saturated carbocycles. The third-order valence-electron chi connectivity index (χ3n) is 6.96. The Kier molecular flexibility index (Phi) is 15.5. The summed E-state index contributed by atoms with van der Waals surface area (Å²) in [6.07, 6.45) is 0. The highest BCUT2D eigenvalue weighted by molar-refractivity contribution is 9.10. The molecular weight excluding hydrogens is 812 g/mol. The van der Waals surface area contributed by atoms with E-state index in [0.717, 1.165) is 20.3 Å². The van der Waals surface area contributed by atoms with Crippen molar-refractivity contribution in [1.29, 1.82) is 0 Å². The maximum Gasteiger partial charge on any atom is 0.359 e. The summed E-state index contributed by atoms with van der Waals surface area (Å²) < 4.78 is 14.6. The zero-order valence-electron chi connectivity index (χ0n) is 27.0. The van der Waals surface area contributed by atoms with Gasteiger partial charge < -0.3 is 25.6 Å². The van der Waals surface area contributed by atoms with E-state index in [1.807, 2.05) is 48.5 Å². The van der Waals surface area contributed by atoms with Crippen molar-refractivity contribution in [3.63, 3.8) is 0 Å². The summed E-state index contributed by atoms with van der Waals surface area (Å²) in [5.41, 5.74) is 8.12. The summed E-state index contributed by atoms with van der Waals surface area (Å²) in [5, 5.41) is 21.4. The summed E-state index contributed by atoms with van der Waals surface area (Å²) in [5.74, 6) is -2.48. The summed E-state index contributed by atoms with van der Waals surface area (Å²) >= 11 is 6.82. The van der Waals surface area contributed by atoms with Crippen molar-refractivity contribution in [2.24, 2.45) is 5.73 Å². The standard InChI is InChI=1S/C17H14BrN3O3.C16H11BrN2O4.CH5N.CH4.ClH/c1-19-16(22)10-6-7-14-13(8-10)15(17(23)24-2)20-21(14)12-5-3-4-11(18)9-12;1-23-16(22)14-12-7-9(15(20)21)5-6-13(12)19(18-14)11-4-2-3-10(17)8-11;1-2;;/h3-9H,1-2H3,(H,19,22);2-8H,1H3,(H,20,21);2H2,1H3;1H4;1H. The molecule has 0 atom stereocenters. The van der Waals surface area contributed by atoms with Gasteiger partial charge >= 0.3 is 17.9 Å². The molecule has 4 N–H and O–H groups in total. The number of nitrogens with zero attached hydrogens (tertiary/aromatic N) is 4. The van der Waals surface area contributed by atoms with E-state index in [1.54, 1.807) is 40.7 Å². The smallest absolute Gasteiger partial charge is 0.359 e. The molecule has 268 valence electrons. The number of carbonyl (C=O) groups is 4. The van der Waals surface area contributed by atoms with Crippen LogP contribution in [-0.2, 0) is 9.47 Å². The fourth-order valence-corrected chi connectivity index (χ4v) is 5.53. The molecule has 0 aliphatic heterocycles. The zero-order valence-corrected chi connectivity index (χ0v) is 31.0. The van der Waals surface area contributed by atoms with Crippen LogP contribution in [0, 0.1) is 0 Å². The van der Waals surface area contributed by atoms with Gasteiger partial charge in [0.05, 0.1) is 42.2 Å². The van der Waals surface area contributed by atoms with Gasteiger partial charge in [-0.25, -0.2) is 23.7 Å². The largest absolute Gasteiger partial charge is 0.478 e. The molecule has 13 nitrogen and oxygen atoms in total. The summed E-state index contributed by atoms with van der Waals surface area (Å²) in [6, 6.07) is 24.6. The van der Waals surface area contributed by atoms with E-state index in [-0.39, 0.29) is 42.7 Å². The number of aromatic nitrogens is 4. The Labute approximate surface area is 316 Å². The van der Waals surface area contributed by atoms with Crippen molar-refractivity contribution in [1.82, 2.24) is 24.9 Å². The second-order valence-corrected chi connectivity index (χ2v) is 11.6. The molecule has 0 aliphatic rings. The number of hydrogen-bond donors (Lipinski definition) is 3. The lowest BCUT2D eigenvalue weighted by atomic mass is 10.1. The van der Waals surface area contributed by atoms with E-state index in [0.29, 0.717) is 27.4 Å². The van der Waals surface area contributed by atoms with Gasteiger partial charge in [0.1, 0.15) is 0 Å². The minimum atomic E-state index is -1.07. The number of aromatic carboxylic acids is 1. The van der Waals surface area contributed by atoms with Gasteiger partial charge in [-0.3, -0.25) is 4.79 Å². The van der Waals surface area contributed by atoms with Crippen LogP contribution in [0.25, 0.3) is 33.2 Å². The highest BCUT2D eigenvalue weighted by Gasteiger charge is 2.21. The lowest BCUT2D eigenvalue weighted by molar-refractivity contribution is 0.0587. The molecule has 0 fully saturated rings. The van der Waals surface area contributed by atoms with Crippen LogP contribution in [0.2, 0.25) is 0 Å².